The molecule has 5 atom stereocenters. The van der Waals surface area contributed by atoms with Crippen LogP contribution < -0.4 is 16.8 Å². The van der Waals surface area contributed by atoms with Gasteiger partial charge in [0.25, 0.3) is 0 Å². The number of nitrogens with one attached hydrogen (secondary N) is 1. The second-order valence-corrected chi connectivity index (χ2v) is 6.09. The van der Waals surface area contributed by atoms with Crippen molar-refractivity contribution >= 4 is 5.69 Å². The first-order valence-corrected chi connectivity index (χ1v) is 7.18. The molecule has 0 saturated heterocycles. The first-order valence-electron chi connectivity index (χ1n) is 7.18. The number of nitrogens with two attached hydrogens (primary N) is 2. The first kappa shape index (κ1) is 12.9. The standard InChI is InChI=1S/C15H23N3O/c16-12-5-3-10(4-6-12)14(19)15(17)18-13-8-9-1-2-11(13)7-9/h3-6,9,11,13-15,18-19H,1-2,7-8,16-17H2. The normalized spacial score (nSPS) is 32.4. The Morgan fingerprint density at radius 3 is 2.47 bits per heavy atom. The van der Waals surface area contributed by atoms with E-state index in [2.05, 4.69) is 5.32 Å². The minimum Gasteiger partial charge on any atom is -0.399 e. The zero-order chi connectivity index (χ0) is 13.4. The maximum atomic E-state index is 10.3. The number of aliphatic hydroxyl groups excluding tert-OH is 1. The Labute approximate surface area is 114 Å². The average Bonchev–Trinajstić information content (AvgIpc) is 3.01. The van der Waals surface area contributed by atoms with Crippen molar-refractivity contribution in [2.45, 2.75) is 44.0 Å². The Bertz CT molecular complexity index is 434. The van der Waals surface area contributed by atoms with Crippen molar-refractivity contribution in [1.82, 2.24) is 5.32 Å². The van der Waals surface area contributed by atoms with Crippen LogP contribution in [0.5, 0.6) is 0 Å². The van der Waals surface area contributed by atoms with E-state index in [9.17, 15) is 5.11 Å². The summed E-state index contributed by atoms with van der Waals surface area (Å²) in [5.41, 5.74) is 13.3. The van der Waals surface area contributed by atoms with E-state index in [4.69, 9.17) is 11.5 Å². The van der Waals surface area contributed by atoms with E-state index in [-0.39, 0.29) is 0 Å². The van der Waals surface area contributed by atoms with Crippen molar-refractivity contribution < 1.29 is 5.11 Å². The molecule has 5 unspecified atom stereocenters. The van der Waals surface area contributed by atoms with Crippen molar-refractivity contribution in [1.29, 1.82) is 0 Å². The van der Waals surface area contributed by atoms with Crippen LogP contribution in [0.25, 0.3) is 0 Å². The lowest BCUT2D eigenvalue weighted by molar-refractivity contribution is 0.117. The Balaban J connectivity index is 1.60. The molecule has 4 heteroatoms. The molecule has 0 heterocycles. The molecule has 1 aromatic rings. The van der Waals surface area contributed by atoms with Crippen molar-refractivity contribution in [3.8, 4) is 0 Å². The van der Waals surface area contributed by atoms with Crippen LogP contribution >= 0.6 is 0 Å². The van der Waals surface area contributed by atoms with Crippen LogP contribution in [-0.4, -0.2) is 17.3 Å². The van der Waals surface area contributed by atoms with Crippen molar-refractivity contribution in [3.05, 3.63) is 29.8 Å². The third-order valence-corrected chi connectivity index (χ3v) is 4.76. The van der Waals surface area contributed by atoms with E-state index in [0.717, 1.165) is 17.4 Å². The Morgan fingerprint density at radius 1 is 1.16 bits per heavy atom. The lowest BCUT2D eigenvalue weighted by Gasteiger charge is -2.29. The minimum atomic E-state index is -0.681. The van der Waals surface area contributed by atoms with Gasteiger partial charge in [0, 0.05) is 11.7 Å². The lowest BCUT2D eigenvalue weighted by atomic mass is 9.94. The molecule has 2 aliphatic rings. The van der Waals surface area contributed by atoms with Crippen LogP contribution in [-0.2, 0) is 0 Å². The molecule has 2 saturated carbocycles. The van der Waals surface area contributed by atoms with Gasteiger partial charge in [0.15, 0.2) is 0 Å². The Hall–Kier alpha value is -1.10. The maximum absolute atomic E-state index is 10.3. The van der Waals surface area contributed by atoms with Gasteiger partial charge in [0.2, 0.25) is 0 Å². The third kappa shape index (κ3) is 2.61. The molecule has 2 aliphatic carbocycles. The summed E-state index contributed by atoms with van der Waals surface area (Å²) in [6.45, 7) is 0. The molecule has 19 heavy (non-hydrogen) atoms. The number of fused-ring (bicyclic) bond motifs is 2. The summed E-state index contributed by atoms with van der Waals surface area (Å²) in [6, 6.07) is 7.74. The van der Waals surface area contributed by atoms with E-state index < -0.39 is 12.3 Å². The summed E-state index contributed by atoms with van der Waals surface area (Å²) in [6.07, 6.45) is 4.15. The number of anilines is 1. The van der Waals surface area contributed by atoms with Crippen LogP contribution in [0.2, 0.25) is 0 Å². The van der Waals surface area contributed by atoms with Crippen LogP contribution in [0.3, 0.4) is 0 Å². The largest absolute Gasteiger partial charge is 0.399 e. The van der Waals surface area contributed by atoms with Gasteiger partial charge in [-0.05, 0) is 48.8 Å². The fourth-order valence-electron chi connectivity index (χ4n) is 3.69. The molecular weight excluding hydrogens is 238 g/mol. The zero-order valence-electron chi connectivity index (χ0n) is 11.1. The van der Waals surface area contributed by atoms with Crippen molar-refractivity contribution in [3.63, 3.8) is 0 Å². The summed E-state index contributed by atoms with van der Waals surface area (Å²) in [5, 5.41) is 13.7. The minimum absolute atomic E-state index is 0.409. The molecule has 2 bridgehead atoms. The molecule has 4 nitrogen and oxygen atoms in total. The van der Waals surface area contributed by atoms with E-state index in [1.807, 2.05) is 12.1 Å². The summed E-state index contributed by atoms with van der Waals surface area (Å²) >= 11 is 0. The smallest absolute Gasteiger partial charge is 0.107 e. The molecular formula is C15H23N3O. The molecule has 2 fully saturated rings. The van der Waals surface area contributed by atoms with Crippen LogP contribution in [0.4, 0.5) is 5.69 Å². The molecule has 0 aromatic heterocycles. The molecule has 6 N–H and O–H groups in total. The van der Waals surface area contributed by atoms with Gasteiger partial charge in [0.05, 0.1) is 6.17 Å². The molecule has 0 aliphatic heterocycles. The zero-order valence-corrected chi connectivity index (χ0v) is 11.1. The van der Waals surface area contributed by atoms with Crippen LogP contribution in [0.15, 0.2) is 24.3 Å². The predicted molar refractivity (Wildman–Crippen MR) is 76.2 cm³/mol. The van der Waals surface area contributed by atoms with Gasteiger partial charge in [0.1, 0.15) is 6.10 Å². The molecule has 3 rings (SSSR count). The third-order valence-electron chi connectivity index (χ3n) is 4.76. The lowest BCUT2D eigenvalue weighted by Crippen LogP contribution is -2.49. The van der Waals surface area contributed by atoms with Crippen LogP contribution in [0, 0.1) is 11.8 Å². The summed E-state index contributed by atoms with van der Waals surface area (Å²) < 4.78 is 0. The van der Waals surface area contributed by atoms with Gasteiger partial charge in [-0.1, -0.05) is 18.6 Å². The summed E-state index contributed by atoms with van der Waals surface area (Å²) in [7, 11) is 0. The SMILES string of the molecule is Nc1ccc(C(O)C(N)NC2CC3CCC2C3)cc1. The first-order chi connectivity index (χ1) is 9.13. The molecule has 0 spiro atoms. The molecule has 0 amide bonds. The number of aliphatic hydroxyl groups is 1. The highest BCUT2D eigenvalue weighted by atomic mass is 16.3. The fourth-order valence-corrected chi connectivity index (χ4v) is 3.69. The second-order valence-electron chi connectivity index (χ2n) is 6.09. The fraction of sp³-hybridized carbons (Fsp3) is 0.600. The van der Waals surface area contributed by atoms with Gasteiger partial charge >= 0.3 is 0 Å². The highest BCUT2D eigenvalue weighted by Gasteiger charge is 2.40. The highest BCUT2D eigenvalue weighted by Crippen LogP contribution is 2.44. The monoisotopic (exact) mass is 261 g/mol. The number of rotatable bonds is 4. The Morgan fingerprint density at radius 2 is 1.89 bits per heavy atom. The van der Waals surface area contributed by atoms with Crippen molar-refractivity contribution in [2.24, 2.45) is 17.6 Å². The predicted octanol–water partition coefficient (Wildman–Crippen LogP) is 1.37. The number of hydrogen-bond donors (Lipinski definition) is 4. The topological polar surface area (TPSA) is 84.3 Å². The number of hydrogen-bond acceptors (Lipinski definition) is 4. The molecule has 104 valence electrons. The van der Waals surface area contributed by atoms with Crippen molar-refractivity contribution in [2.75, 3.05) is 5.73 Å². The van der Waals surface area contributed by atoms with Gasteiger partial charge in [-0.15, -0.1) is 0 Å². The van der Waals surface area contributed by atoms with E-state index in [1.165, 1.54) is 25.7 Å². The second kappa shape index (κ2) is 5.12. The maximum Gasteiger partial charge on any atom is 0.107 e. The highest BCUT2D eigenvalue weighted by molar-refractivity contribution is 5.40. The molecule has 1 aromatic carbocycles. The Kier molecular flexibility index (Phi) is 3.48. The van der Waals surface area contributed by atoms with Crippen LogP contribution in [0.1, 0.15) is 37.4 Å². The summed E-state index contributed by atoms with van der Waals surface area (Å²) in [5.74, 6) is 1.64. The van der Waals surface area contributed by atoms with Gasteiger partial charge in [-0.2, -0.15) is 0 Å². The average molecular weight is 261 g/mol. The van der Waals surface area contributed by atoms with Gasteiger partial charge < -0.3 is 16.6 Å². The quantitative estimate of drug-likeness (QED) is 0.487. The number of benzene rings is 1. The van der Waals surface area contributed by atoms with E-state index in [1.54, 1.807) is 12.1 Å². The summed E-state index contributed by atoms with van der Waals surface area (Å²) in [4.78, 5) is 0. The van der Waals surface area contributed by atoms with E-state index in [0.29, 0.717) is 11.7 Å². The van der Waals surface area contributed by atoms with Gasteiger partial charge in [-0.25, -0.2) is 0 Å². The van der Waals surface area contributed by atoms with Gasteiger partial charge in [-0.3, -0.25) is 5.32 Å². The number of nitrogen functional groups attached to an aromatic ring is 1. The van der Waals surface area contributed by atoms with E-state index >= 15 is 0 Å². The molecule has 0 radical (unpaired) electrons.